The summed E-state index contributed by atoms with van der Waals surface area (Å²) in [6.07, 6.45) is 2.50. The number of para-hydroxylation sites is 3. The molecule has 0 bridgehead atoms. The first kappa shape index (κ1) is 10.5. The van der Waals surface area contributed by atoms with Gasteiger partial charge in [0.15, 0.2) is 6.29 Å². The third-order valence-corrected chi connectivity index (χ3v) is 2.93. The second-order valence-electron chi connectivity index (χ2n) is 4.01. The van der Waals surface area contributed by atoms with Crippen LogP contribution in [0.1, 0.15) is 10.4 Å². The molecule has 4 nitrogen and oxygen atoms in total. The summed E-state index contributed by atoms with van der Waals surface area (Å²) in [7, 11) is 0. The van der Waals surface area contributed by atoms with Crippen molar-refractivity contribution in [3.05, 3.63) is 54.4 Å². The fourth-order valence-electron chi connectivity index (χ4n) is 2.06. The normalized spacial score (nSPS) is 10.7. The van der Waals surface area contributed by atoms with E-state index in [0.717, 1.165) is 17.5 Å². The molecule has 18 heavy (non-hydrogen) atoms. The summed E-state index contributed by atoms with van der Waals surface area (Å²) in [5.74, 6) is 0. The van der Waals surface area contributed by atoms with Crippen molar-refractivity contribution in [3.8, 4) is 5.69 Å². The molecule has 3 aromatic rings. The molecular formula is C14H11N3O. The number of fused-ring (bicyclic) bond motifs is 1. The largest absolute Gasteiger partial charge is 0.397 e. The first-order valence-electron chi connectivity index (χ1n) is 5.57. The Morgan fingerprint density at radius 2 is 1.94 bits per heavy atom. The summed E-state index contributed by atoms with van der Waals surface area (Å²) in [6.45, 7) is 0. The monoisotopic (exact) mass is 237 g/mol. The molecule has 0 saturated heterocycles. The van der Waals surface area contributed by atoms with Gasteiger partial charge in [-0.05, 0) is 24.3 Å². The van der Waals surface area contributed by atoms with Crippen LogP contribution in [0.15, 0.2) is 48.8 Å². The van der Waals surface area contributed by atoms with Gasteiger partial charge in [0.25, 0.3) is 0 Å². The highest BCUT2D eigenvalue weighted by atomic mass is 16.1. The van der Waals surface area contributed by atoms with Crippen molar-refractivity contribution in [2.75, 3.05) is 5.73 Å². The molecule has 0 spiro atoms. The number of hydrogen-bond acceptors (Lipinski definition) is 3. The van der Waals surface area contributed by atoms with Gasteiger partial charge in [0.1, 0.15) is 6.33 Å². The highest BCUT2D eigenvalue weighted by molar-refractivity contribution is 5.95. The average Bonchev–Trinajstić information content (AvgIpc) is 2.83. The number of hydrogen-bond donors (Lipinski definition) is 1. The molecule has 0 aliphatic heterocycles. The number of anilines is 1. The molecule has 0 unspecified atom stereocenters. The van der Waals surface area contributed by atoms with E-state index in [4.69, 9.17) is 5.73 Å². The van der Waals surface area contributed by atoms with Gasteiger partial charge in [-0.15, -0.1) is 0 Å². The summed E-state index contributed by atoms with van der Waals surface area (Å²) < 4.78 is 1.89. The summed E-state index contributed by atoms with van der Waals surface area (Å²) in [4.78, 5) is 15.2. The summed E-state index contributed by atoms with van der Waals surface area (Å²) in [6, 6.07) is 13.1. The molecule has 0 aliphatic rings. The number of aldehydes is 1. The van der Waals surface area contributed by atoms with Gasteiger partial charge in [-0.1, -0.05) is 18.2 Å². The van der Waals surface area contributed by atoms with E-state index in [1.54, 1.807) is 12.4 Å². The lowest BCUT2D eigenvalue weighted by atomic mass is 10.2. The zero-order chi connectivity index (χ0) is 12.5. The van der Waals surface area contributed by atoms with Gasteiger partial charge >= 0.3 is 0 Å². The molecule has 2 aromatic carbocycles. The van der Waals surface area contributed by atoms with Gasteiger partial charge in [0, 0.05) is 5.56 Å². The second-order valence-corrected chi connectivity index (χ2v) is 4.01. The maximum absolute atomic E-state index is 11.0. The third-order valence-electron chi connectivity index (χ3n) is 2.93. The van der Waals surface area contributed by atoms with E-state index >= 15 is 0 Å². The van der Waals surface area contributed by atoms with E-state index < -0.39 is 0 Å². The maximum Gasteiger partial charge on any atom is 0.152 e. The lowest BCUT2D eigenvalue weighted by Gasteiger charge is -2.07. The average molecular weight is 237 g/mol. The van der Waals surface area contributed by atoms with Crippen molar-refractivity contribution in [1.82, 2.24) is 9.55 Å². The van der Waals surface area contributed by atoms with Gasteiger partial charge in [0.2, 0.25) is 0 Å². The van der Waals surface area contributed by atoms with Crippen molar-refractivity contribution >= 4 is 23.0 Å². The van der Waals surface area contributed by atoms with E-state index in [-0.39, 0.29) is 0 Å². The summed E-state index contributed by atoms with van der Waals surface area (Å²) in [5.41, 5.74) is 9.64. The van der Waals surface area contributed by atoms with E-state index in [2.05, 4.69) is 4.98 Å². The van der Waals surface area contributed by atoms with Crippen LogP contribution in [-0.2, 0) is 0 Å². The van der Waals surface area contributed by atoms with Gasteiger partial charge in [0.05, 0.1) is 22.4 Å². The first-order valence-corrected chi connectivity index (χ1v) is 5.57. The number of carbonyl (C=O) groups is 1. The summed E-state index contributed by atoms with van der Waals surface area (Å²) >= 11 is 0. The minimum atomic E-state index is 0.584. The highest BCUT2D eigenvalue weighted by Gasteiger charge is 2.09. The number of aromatic nitrogens is 2. The van der Waals surface area contributed by atoms with Crippen molar-refractivity contribution in [2.24, 2.45) is 0 Å². The number of carbonyl (C=O) groups excluding carboxylic acids is 1. The Morgan fingerprint density at radius 3 is 2.72 bits per heavy atom. The van der Waals surface area contributed by atoms with Crippen molar-refractivity contribution in [2.45, 2.75) is 0 Å². The Bertz CT molecular complexity index is 731. The lowest BCUT2D eigenvalue weighted by molar-refractivity contribution is 0.112. The summed E-state index contributed by atoms with van der Waals surface area (Å²) in [5, 5.41) is 0. The van der Waals surface area contributed by atoms with Crippen LogP contribution in [0.25, 0.3) is 16.7 Å². The molecule has 0 saturated carbocycles. The Balaban J connectivity index is 2.32. The predicted molar refractivity (Wildman–Crippen MR) is 70.9 cm³/mol. The van der Waals surface area contributed by atoms with Crippen molar-refractivity contribution < 1.29 is 4.79 Å². The molecule has 1 heterocycles. The highest BCUT2D eigenvalue weighted by Crippen LogP contribution is 2.23. The molecular weight excluding hydrogens is 226 g/mol. The number of nitrogen functional groups attached to an aromatic ring is 1. The van der Waals surface area contributed by atoms with Crippen molar-refractivity contribution in [3.63, 3.8) is 0 Å². The maximum atomic E-state index is 11.0. The topological polar surface area (TPSA) is 60.9 Å². The minimum absolute atomic E-state index is 0.584. The Kier molecular flexibility index (Phi) is 2.34. The van der Waals surface area contributed by atoms with E-state index in [1.807, 2.05) is 41.0 Å². The molecule has 1 aromatic heterocycles. The van der Waals surface area contributed by atoms with Crippen LogP contribution < -0.4 is 5.73 Å². The zero-order valence-corrected chi connectivity index (χ0v) is 9.58. The third kappa shape index (κ3) is 1.47. The Morgan fingerprint density at radius 1 is 1.11 bits per heavy atom. The van der Waals surface area contributed by atoms with Crippen LogP contribution in [0.4, 0.5) is 5.69 Å². The SMILES string of the molecule is Nc1ccccc1-n1cnc2c(C=O)cccc21. The Labute approximate surface area is 104 Å². The molecule has 0 amide bonds. The van der Waals surface area contributed by atoms with Crippen LogP contribution in [0.3, 0.4) is 0 Å². The molecule has 4 heteroatoms. The van der Waals surface area contributed by atoms with E-state index in [9.17, 15) is 4.79 Å². The predicted octanol–water partition coefficient (Wildman–Crippen LogP) is 2.42. The van der Waals surface area contributed by atoms with Crippen LogP contribution in [0.5, 0.6) is 0 Å². The molecule has 0 fully saturated rings. The Hall–Kier alpha value is -2.62. The fraction of sp³-hybridized carbons (Fsp3) is 0. The first-order chi connectivity index (χ1) is 8.81. The van der Waals surface area contributed by atoms with E-state index in [1.165, 1.54) is 0 Å². The lowest BCUT2D eigenvalue weighted by Crippen LogP contribution is -1.97. The molecule has 3 rings (SSSR count). The molecule has 88 valence electrons. The standard InChI is InChI=1S/C14H11N3O/c15-11-5-1-2-6-12(11)17-9-16-14-10(8-18)4-3-7-13(14)17/h1-9H,15H2. The van der Waals surface area contributed by atoms with E-state index in [0.29, 0.717) is 16.8 Å². The quantitative estimate of drug-likeness (QED) is 0.550. The van der Waals surface area contributed by atoms with Crippen LogP contribution >= 0.6 is 0 Å². The number of nitrogens with two attached hydrogens (primary N) is 1. The van der Waals surface area contributed by atoms with Gasteiger partial charge in [-0.2, -0.15) is 0 Å². The number of benzene rings is 2. The fourth-order valence-corrected chi connectivity index (χ4v) is 2.06. The molecule has 0 aliphatic carbocycles. The zero-order valence-electron chi connectivity index (χ0n) is 9.58. The van der Waals surface area contributed by atoms with Crippen LogP contribution in [0.2, 0.25) is 0 Å². The number of rotatable bonds is 2. The number of imidazole rings is 1. The molecule has 0 atom stereocenters. The minimum Gasteiger partial charge on any atom is -0.397 e. The number of nitrogens with zero attached hydrogens (tertiary/aromatic N) is 2. The van der Waals surface area contributed by atoms with Crippen LogP contribution in [0, 0.1) is 0 Å². The van der Waals surface area contributed by atoms with Gasteiger partial charge in [-0.25, -0.2) is 4.98 Å². The molecule has 0 radical (unpaired) electrons. The van der Waals surface area contributed by atoms with Crippen LogP contribution in [-0.4, -0.2) is 15.8 Å². The van der Waals surface area contributed by atoms with Gasteiger partial charge < -0.3 is 5.73 Å². The molecule has 2 N–H and O–H groups in total. The smallest absolute Gasteiger partial charge is 0.152 e. The van der Waals surface area contributed by atoms with Gasteiger partial charge in [-0.3, -0.25) is 9.36 Å². The second kappa shape index (κ2) is 4.00. The van der Waals surface area contributed by atoms with Crippen molar-refractivity contribution in [1.29, 1.82) is 0 Å².